The number of halogens is 1. The first-order chi connectivity index (χ1) is 15.2. The molecule has 2 unspecified atom stereocenters. The molecule has 3 aromatic rings. The normalized spacial score (nSPS) is 20.0. The third-order valence-electron chi connectivity index (χ3n) is 6.44. The highest BCUT2D eigenvalue weighted by Gasteiger charge is 2.41. The van der Waals surface area contributed by atoms with Crippen LogP contribution in [0, 0.1) is 11.7 Å². The minimum atomic E-state index is -0.282. The maximum atomic E-state index is 13.5. The van der Waals surface area contributed by atoms with Crippen LogP contribution in [0.5, 0.6) is 0 Å². The molecule has 4 nitrogen and oxygen atoms in total. The predicted octanol–water partition coefficient (Wildman–Crippen LogP) is 4.01. The van der Waals surface area contributed by atoms with Gasteiger partial charge in [0, 0.05) is 37.6 Å². The van der Waals surface area contributed by atoms with E-state index in [1.165, 1.54) is 29.1 Å². The lowest BCUT2D eigenvalue weighted by Crippen LogP contribution is -2.61. The second-order valence-corrected chi connectivity index (χ2v) is 8.33. The number of nitrogens with zero attached hydrogens (tertiary/aromatic N) is 2. The molecule has 0 saturated carbocycles. The molecule has 1 fully saturated rings. The number of amides is 1. The standard InChI is InChI=1S/C26H26FN3O/c27-21-9-6-7-19(15-21)17-28-26(31)23-16-20-8-4-5-12-24(20)30-14-13-29(18-25(23)30)22-10-2-1-3-11-22/h1-12,15,23,25H,13-14,16-18H2,(H,28,31). The number of para-hydroxylation sites is 2. The van der Waals surface area contributed by atoms with Gasteiger partial charge < -0.3 is 15.1 Å². The number of piperazine rings is 1. The van der Waals surface area contributed by atoms with Crippen LogP contribution in [0.3, 0.4) is 0 Å². The Morgan fingerprint density at radius 1 is 0.968 bits per heavy atom. The molecule has 2 atom stereocenters. The minimum absolute atomic E-state index is 0.0312. The molecule has 2 aliphatic rings. The predicted molar refractivity (Wildman–Crippen MR) is 122 cm³/mol. The summed E-state index contributed by atoms with van der Waals surface area (Å²) < 4.78 is 13.5. The Morgan fingerprint density at radius 2 is 1.77 bits per heavy atom. The lowest BCUT2D eigenvalue weighted by Gasteiger charge is -2.49. The van der Waals surface area contributed by atoms with Crippen LogP contribution in [0.15, 0.2) is 78.9 Å². The first-order valence-electron chi connectivity index (χ1n) is 10.9. The van der Waals surface area contributed by atoms with Crippen LogP contribution in [-0.4, -0.2) is 31.6 Å². The Morgan fingerprint density at radius 3 is 2.61 bits per heavy atom. The summed E-state index contributed by atoms with van der Waals surface area (Å²) in [6, 6.07) is 25.3. The lowest BCUT2D eigenvalue weighted by molar-refractivity contribution is -0.126. The highest BCUT2D eigenvalue weighted by molar-refractivity contribution is 5.82. The Balaban J connectivity index is 1.39. The van der Waals surface area contributed by atoms with Crippen molar-refractivity contribution in [2.45, 2.75) is 19.0 Å². The van der Waals surface area contributed by atoms with E-state index in [1.54, 1.807) is 6.07 Å². The van der Waals surface area contributed by atoms with Gasteiger partial charge in [0.15, 0.2) is 0 Å². The molecule has 1 saturated heterocycles. The van der Waals surface area contributed by atoms with Crippen molar-refractivity contribution in [1.29, 1.82) is 0 Å². The summed E-state index contributed by atoms with van der Waals surface area (Å²) >= 11 is 0. The number of hydrogen-bond donors (Lipinski definition) is 1. The molecule has 0 radical (unpaired) electrons. The second-order valence-electron chi connectivity index (χ2n) is 8.33. The number of rotatable bonds is 4. The van der Waals surface area contributed by atoms with Crippen molar-refractivity contribution in [2.24, 2.45) is 5.92 Å². The molecule has 0 spiro atoms. The monoisotopic (exact) mass is 415 g/mol. The Bertz CT molecular complexity index is 1070. The molecule has 31 heavy (non-hydrogen) atoms. The van der Waals surface area contributed by atoms with Crippen molar-refractivity contribution in [3.63, 3.8) is 0 Å². The van der Waals surface area contributed by atoms with E-state index in [2.05, 4.69) is 57.6 Å². The summed E-state index contributed by atoms with van der Waals surface area (Å²) in [7, 11) is 0. The first kappa shape index (κ1) is 19.6. The van der Waals surface area contributed by atoms with Gasteiger partial charge in [-0.1, -0.05) is 48.5 Å². The average Bonchev–Trinajstić information content (AvgIpc) is 2.82. The maximum Gasteiger partial charge on any atom is 0.225 e. The number of benzene rings is 3. The van der Waals surface area contributed by atoms with E-state index in [9.17, 15) is 9.18 Å². The zero-order valence-corrected chi connectivity index (χ0v) is 17.4. The Hall–Kier alpha value is -3.34. The molecule has 0 bridgehead atoms. The lowest BCUT2D eigenvalue weighted by atomic mass is 9.83. The quantitative estimate of drug-likeness (QED) is 0.699. The number of fused-ring (bicyclic) bond motifs is 3. The van der Waals surface area contributed by atoms with Gasteiger partial charge in [0.2, 0.25) is 5.91 Å². The zero-order valence-electron chi connectivity index (χ0n) is 17.4. The molecule has 1 N–H and O–H groups in total. The van der Waals surface area contributed by atoms with Gasteiger partial charge in [-0.3, -0.25) is 4.79 Å². The third-order valence-corrected chi connectivity index (χ3v) is 6.44. The number of hydrogen-bond acceptors (Lipinski definition) is 3. The Kier molecular flexibility index (Phi) is 5.33. The largest absolute Gasteiger partial charge is 0.368 e. The van der Waals surface area contributed by atoms with Gasteiger partial charge in [-0.25, -0.2) is 4.39 Å². The van der Waals surface area contributed by atoms with Crippen molar-refractivity contribution in [2.75, 3.05) is 29.4 Å². The van der Waals surface area contributed by atoms with Crippen LogP contribution in [0.25, 0.3) is 0 Å². The van der Waals surface area contributed by atoms with Crippen molar-refractivity contribution in [3.8, 4) is 0 Å². The van der Waals surface area contributed by atoms with Crippen molar-refractivity contribution < 1.29 is 9.18 Å². The fourth-order valence-corrected chi connectivity index (χ4v) is 4.90. The molecule has 158 valence electrons. The first-order valence-corrected chi connectivity index (χ1v) is 10.9. The van der Waals surface area contributed by atoms with Crippen molar-refractivity contribution >= 4 is 17.3 Å². The average molecular weight is 416 g/mol. The summed E-state index contributed by atoms with van der Waals surface area (Å²) in [6.07, 6.45) is 0.717. The maximum absolute atomic E-state index is 13.5. The van der Waals surface area contributed by atoms with Crippen LogP contribution in [0.4, 0.5) is 15.8 Å². The van der Waals surface area contributed by atoms with E-state index in [0.29, 0.717) is 6.54 Å². The minimum Gasteiger partial charge on any atom is -0.368 e. The molecule has 1 amide bonds. The summed E-state index contributed by atoms with van der Waals surface area (Å²) in [5.41, 5.74) is 4.43. The topological polar surface area (TPSA) is 35.6 Å². The Labute approximate surface area is 182 Å². The number of nitrogens with one attached hydrogen (secondary N) is 1. The van der Waals surface area contributed by atoms with Crippen molar-refractivity contribution in [1.82, 2.24) is 5.32 Å². The molecule has 2 aliphatic heterocycles. The molecule has 3 aromatic carbocycles. The van der Waals surface area contributed by atoms with Crippen LogP contribution in [0.2, 0.25) is 0 Å². The van der Waals surface area contributed by atoms with E-state index < -0.39 is 0 Å². The van der Waals surface area contributed by atoms with Gasteiger partial charge in [-0.2, -0.15) is 0 Å². The molecule has 2 heterocycles. The fraction of sp³-hybridized carbons (Fsp3) is 0.269. The summed E-state index contributed by atoms with van der Waals surface area (Å²) in [4.78, 5) is 18.1. The van der Waals surface area contributed by atoms with Gasteiger partial charge in [0.1, 0.15) is 5.82 Å². The van der Waals surface area contributed by atoms with E-state index in [4.69, 9.17) is 0 Å². The number of anilines is 2. The summed E-state index contributed by atoms with van der Waals surface area (Å²) in [5.74, 6) is -0.408. The van der Waals surface area contributed by atoms with Crippen molar-refractivity contribution in [3.05, 3.63) is 95.8 Å². The van der Waals surface area contributed by atoms with Crippen LogP contribution in [-0.2, 0) is 17.8 Å². The smallest absolute Gasteiger partial charge is 0.225 e. The van der Waals surface area contributed by atoms with Crippen LogP contribution >= 0.6 is 0 Å². The van der Waals surface area contributed by atoms with E-state index in [0.717, 1.165) is 31.6 Å². The molecule has 0 aromatic heterocycles. The molecule has 0 aliphatic carbocycles. The number of carbonyl (C=O) groups is 1. The van der Waals surface area contributed by atoms with Crippen LogP contribution in [0.1, 0.15) is 11.1 Å². The third kappa shape index (κ3) is 4.00. The van der Waals surface area contributed by atoms with E-state index in [-0.39, 0.29) is 23.7 Å². The molecular weight excluding hydrogens is 389 g/mol. The van der Waals surface area contributed by atoms with E-state index >= 15 is 0 Å². The highest BCUT2D eigenvalue weighted by Crippen LogP contribution is 2.36. The highest BCUT2D eigenvalue weighted by atomic mass is 19.1. The summed E-state index contributed by atoms with van der Waals surface area (Å²) in [5, 5.41) is 3.06. The molecular formula is C26H26FN3O. The number of carbonyl (C=O) groups excluding carboxylic acids is 1. The SMILES string of the molecule is O=C(NCc1cccc(F)c1)C1Cc2ccccc2N2CCN(c3ccccc3)CC12. The van der Waals surface area contributed by atoms with Gasteiger partial charge >= 0.3 is 0 Å². The molecule has 5 heteroatoms. The summed E-state index contributed by atoms with van der Waals surface area (Å²) in [6.45, 7) is 2.94. The molecule has 5 rings (SSSR count). The van der Waals surface area contributed by atoms with E-state index in [1.807, 2.05) is 18.2 Å². The second kappa shape index (κ2) is 8.42. The van der Waals surface area contributed by atoms with Crippen LogP contribution < -0.4 is 15.1 Å². The zero-order chi connectivity index (χ0) is 21.2. The van der Waals surface area contributed by atoms with Gasteiger partial charge in [0.25, 0.3) is 0 Å². The van der Waals surface area contributed by atoms with Gasteiger partial charge in [-0.05, 0) is 47.9 Å². The van der Waals surface area contributed by atoms with Gasteiger partial charge in [0.05, 0.1) is 12.0 Å². The van der Waals surface area contributed by atoms with Gasteiger partial charge in [-0.15, -0.1) is 0 Å². The fourth-order valence-electron chi connectivity index (χ4n) is 4.90.